The number of hydrogen-bond acceptors (Lipinski definition) is 5. The van der Waals surface area contributed by atoms with Crippen molar-refractivity contribution < 1.29 is 13.9 Å². The number of esters is 1. The maximum Gasteiger partial charge on any atom is 0.323 e. The number of rotatable bonds is 4. The van der Waals surface area contributed by atoms with Crippen LogP contribution in [0.15, 0.2) is 36.4 Å². The van der Waals surface area contributed by atoms with Gasteiger partial charge in [0.05, 0.1) is 6.61 Å². The van der Waals surface area contributed by atoms with Crippen LogP contribution in [-0.2, 0) is 16.1 Å². The molecule has 0 unspecified atom stereocenters. The van der Waals surface area contributed by atoms with E-state index in [4.69, 9.17) is 4.74 Å². The second-order valence-corrected chi connectivity index (χ2v) is 7.73. The molecule has 2 saturated heterocycles. The first-order chi connectivity index (χ1) is 12.2. The molecule has 2 fully saturated rings. The summed E-state index contributed by atoms with van der Waals surface area (Å²) in [5.74, 6) is -0.263. The number of thiophene rings is 1. The van der Waals surface area contributed by atoms with Crippen LogP contribution in [0.4, 0.5) is 4.39 Å². The summed E-state index contributed by atoms with van der Waals surface area (Å²) in [7, 11) is 0. The van der Waals surface area contributed by atoms with Crippen molar-refractivity contribution in [2.24, 2.45) is 0 Å². The van der Waals surface area contributed by atoms with Crippen molar-refractivity contribution in [2.75, 3.05) is 32.8 Å². The lowest BCUT2D eigenvalue weighted by atomic mass is 10.2. The molecule has 0 radical (unpaired) electrons. The Hall–Kier alpha value is -1.76. The average molecular weight is 360 g/mol. The number of halogens is 1. The van der Waals surface area contributed by atoms with E-state index in [9.17, 15) is 9.18 Å². The largest absolute Gasteiger partial charge is 0.464 e. The molecule has 4 rings (SSSR count). The minimum atomic E-state index is -0.200. The SMILES string of the molecule is O=C1OCC[C@H]1N1CCN(Cc2ccc(-c3cccc(F)c3)s2)CC1. The molecule has 0 saturated carbocycles. The number of carbonyl (C=O) groups excluding carboxylic acids is 1. The summed E-state index contributed by atoms with van der Waals surface area (Å²) in [4.78, 5) is 18.8. The Kier molecular flexibility index (Phi) is 4.83. The van der Waals surface area contributed by atoms with Gasteiger partial charge in [0.25, 0.3) is 0 Å². The summed E-state index contributed by atoms with van der Waals surface area (Å²) in [6.45, 7) is 5.18. The van der Waals surface area contributed by atoms with Crippen LogP contribution in [0.25, 0.3) is 10.4 Å². The molecule has 1 aromatic carbocycles. The summed E-state index contributed by atoms with van der Waals surface area (Å²) in [5, 5.41) is 0. The Morgan fingerprint density at radius 1 is 1.16 bits per heavy atom. The third-order valence-corrected chi connectivity index (χ3v) is 6.02. The molecule has 2 aliphatic heterocycles. The fourth-order valence-corrected chi connectivity index (χ4v) is 4.58. The zero-order valence-corrected chi connectivity index (χ0v) is 14.8. The molecule has 0 N–H and O–H groups in total. The summed E-state index contributed by atoms with van der Waals surface area (Å²) < 4.78 is 18.5. The van der Waals surface area contributed by atoms with E-state index >= 15 is 0 Å². The van der Waals surface area contributed by atoms with E-state index in [1.165, 1.54) is 10.9 Å². The molecule has 0 spiro atoms. The van der Waals surface area contributed by atoms with Gasteiger partial charge in [-0.3, -0.25) is 14.6 Å². The van der Waals surface area contributed by atoms with Crippen LogP contribution in [0.2, 0.25) is 0 Å². The van der Waals surface area contributed by atoms with Gasteiger partial charge in [0, 0.05) is 48.9 Å². The Morgan fingerprint density at radius 2 is 2.00 bits per heavy atom. The van der Waals surface area contributed by atoms with Gasteiger partial charge < -0.3 is 4.74 Å². The van der Waals surface area contributed by atoms with Crippen molar-refractivity contribution in [3.63, 3.8) is 0 Å². The number of piperazine rings is 1. The average Bonchev–Trinajstić information content (AvgIpc) is 3.25. The van der Waals surface area contributed by atoms with Gasteiger partial charge in [-0.05, 0) is 29.8 Å². The van der Waals surface area contributed by atoms with Gasteiger partial charge in [-0.1, -0.05) is 12.1 Å². The molecule has 0 aliphatic carbocycles. The Morgan fingerprint density at radius 3 is 2.72 bits per heavy atom. The van der Waals surface area contributed by atoms with Crippen LogP contribution in [0.1, 0.15) is 11.3 Å². The normalized spacial score (nSPS) is 22.3. The summed E-state index contributed by atoms with van der Waals surface area (Å²) in [6.07, 6.45) is 0.820. The number of ether oxygens (including phenoxy) is 1. The van der Waals surface area contributed by atoms with E-state index in [1.54, 1.807) is 23.5 Å². The molecule has 2 aliphatic rings. The van der Waals surface area contributed by atoms with E-state index in [1.807, 2.05) is 6.07 Å². The van der Waals surface area contributed by atoms with Gasteiger partial charge in [-0.15, -0.1) is 11.3 Å². The smallest absolute Gasteiger partial charge is 0.323 e. The van der Waals surface area contributed by atoms with E-state index < -0.39 is 0 Å². The summed E-state index contributed by atoms with van der Waals surface area (Å²) >= 11 is 1.72. The topological polar surface area (TPSA) is 32.8 Å². The number of benzene rings is 1. The monoisotopic (exact) mass is 360 g/mol. The molecule has 25 heavy (non-hydrogen) atoms. The molecule has 2 aromatic rings. The Balaban J connectivity index is 1.34. The van der Waals surface area contributed by atoms with E-state index in [-0.39, 0.29) is 17.8 Å². The number of cyclic esters (lactones) is 1. The predicted octanol–water partition coefficient (Wildman–Crippen LogP) is 2.99. The van der Waals surface area contributed by atoms with E-state index in [0.717, 1.165) is 49.6 Å². The van der Waals surface area contributed by atoms with Gasteiger partial charge in [-0.25, -0.2) is 4.39 Å². The second-order valence-electron chi connectivity index (χ2n) is 6.56. The number of carbonyl (C=O) groups is 1. The molecule has 1 atom stereocenters. The zero-order valence-electron chi connectivity index (χ0n) is 14.0. The fourth-order valence-electron chi connectivity index (χ4n) is 3.53. The summed E-state index contributed by atoms with van der Waals surface area (Å²) in [6, 6.07) is 10.9. The minimum Gasteiger partial charge on any atom is -0.464 e. The quantitative estimate of drug-likeness (QED) is 0.785. The maximum atomic E-state index is 13.4. The lowest BCUT2D eigenvalue weighted by Gasteiger charge is -2.36. The lowest BCUT2D eigenvalue weighted by Crippen LogP contribution is -2.51. The van der Waals surface area contributed by atoms with Crippen LogP contribution >= 0.6 is 11.3 Å². The highest BCUT2D eigenvalue weighted by Gasteiger charge is 2.33. The van der Waals surface area contributed by atoms with Crippen LogP contribution < -0.4 is 0 Å². The minimum absolute atomic E-state index is 0.0385. The van der Waals surface area contributed by atoms with Crippen molar-refractivity contribution in [3.05, 3.63) is 47.1 Å². The van der Waals surface area contributed by atoms with E-state index in [2.05, 4.69) is 21.9 Å². The molecular formula is C19H21FN2O2S. The van der Waals surface area contributed by atoms with Gasteiger partial charge in [-0.2, -0.15) is 0 Å². The van der Waals surface area contributed by atoms with E-state index in [0.29, 0.717) is 6.61 Å². The zero-order chi connectivity index (χ0) is 17.2. The van der Waals surface area contributed by atoms with Gasteiger partial charge in [0.2, 0.25) is 0 Å². The van der Waals surface area contributed by atoms with Crippen molar-refractivity contribution in [1.82, 2.24) is 9.80 Å². The molecule has 4 nitrogen and oxygen atoms in total. The lowest BCUT2D eigenvalue weighted by molar-refractivity contribution is -0.142. The Labute approximate surface area is 150 Å². The van der Waals surface area contributed by atoms with Crippen molar-refractivity contribution >= 4 is 17.3 Å². The van der Waals surface area contributed by atoms with Crippen molar-refractivity contribution in [1.29, 1.82) is 0 Å². The first kappa shape index (κ1) is 16.7. The third-order valence-electron chi connectivity index (χ3n) is 4.91. The van der Waals surface area contributed by atoms with Gasteiger partial charge in [0.15, 0.2) is 0 Å². The van der Waals surface area contributed by atoms with Gasteiger partial charge >= 0.3 is 5.97 Å². The van der Waals surface area contributed by atoms with Crippen LogP contribution in [0.3, 0.4) is 0 Å². The number of nitrogens with zero attached hydrogens (tertiary/aromatic N) is 2. The number of hydrogen-bond donors (Lipinski definition) is 0. The molecule has 132 valence electrons. The maximum absolute atomic E-state index is 13.4. The van der Waals surface area contributed by atoms with Crippen molar-refractivity contribution in [2.45, 2.75) is 19.0 Å². The molecule has 0 bridgehead atoms. The van der Waals surface area contributed by atoms with Crippen LogP contribution in [-0.4, -0.2) is 54.6 Å². The second kappa shape index (κ2) is 7.23. The fraction of sp³-hybridized carbons (Fsp3) is 0.421. The molecular weight excluding hydrogens is 339 g/mol. The standard InChI is InChI=1S/C19H21FN2O2S/c20-15-3-1-2-14(12-15)18-5-4-16(25-18)13-21-7-9-22(10-8-21)17-6-11-24-19(17)23/h1-5,12,17H,6-11,13H2/t17-/m1/s1. The van der Waals surface area contributed by atoms with Crippen molar-refractivity contribution in [3.8, 4) is 10.4 Å². The molecule has 6 heteroatoms. The Bertz CT molecular complexity index is 755. The first-order valence-corrected chi connectivity index (χ1v) is 9.48. The molecule has 3 heterocycles. The van der Waals surface area contributed by atoms with Gasteiger partial charge in [0.1, 0.15) is 11.9 Å². The van der Waals surface area contributed by atoms with Crippen LogP contribution in [0.5, 0.6) is 0 Å². The first-order valence-electron chi connectivity index (χ1n) is 8.67. The summed E-state index contributed by atoms with van der Waals surface area (Å²) in [5.41, 5.74) is 0.931. The highest BCUT2D eigenvalue weighted by atomic mass is 32.1. The molecule has 0 amide bonds. The van der Waals surface area contributed by atoms with Crippen LogP contribution in [0, 0.1) is 5.82 Å². The highest BCUT2D eigenvalue weighted by molar-refractivity contribution is 7.15. The predicted molar refractivity (Wildman–Crippen MR) is 95.9 cm³/mol. The third kappa shape index (κ3) is 3.76. The molecule has 1 aromatic heterocycles. The highest BCUT2D eigenvalue weighted by Crippen LogP contribution is 2.29.